The Balaban J connectivity index is 1.39. The molecule has 2 heterocycles. The highest BCUT2D eigenvalue weighted by Gasteiger charge is 2.20. The molecule has 0 spiro atoms. The minimum absolute atomic E-state index is 0.0865. The first-order chi connectivity index (χ1) is 14.2. The van der Waals surface area contributed by atoms with Crippen LogP contribution in [0.25, 0.3) is 0 Å². The van der Waals surface area contributed by atoms with Gasteiger partial charge in [-0.25, -0.2) is 9.97 Å². The fourth-order valence-corrected chi connectivity index (χ4v) is 3.57. The molecule has 0 bridgehead atoms. The molecular formula is C23H25N5O. The molecule has 0 saturated carbocycles. The molecule has 1 atom stereocenters. The first kappa shape index (κ1) is 18.9. The molecule has 2 aromatic carbocycles. The lowest BCUT2D eigenvalue weighted by Crippen LogP contribution is -2.47. The maximum absolute atomic E-state index is 12.7. The Morgan fingerprint density at radius 1 is 0.897 bits per heavy atom. The summed E-state index contributed by atoms with van der Waals surface area (Å²) in [4.78, 5) is 25.8. The Hall–Kier alpha value is -3.41. The van der Waals surface area contributed by atoms with Gasteiger partial charge < -0.3 is 15.1 Å². The van der Waals surface area contributed by atoms with Gasteiger partial charge in [-0.3, -0.25) is 4.79 Å². The second-order valence-electron chi connectivity index (χ2n) is 7.18. The van der Waals surface area contributed by atoms with Crippen LogP contribution in [0.15, 0.2) is 73.1 Å². The number of anilines is 2. The summed E-state index contributed by atoms with van der Waals surface area (Å²) in [5.41, 5.74) is 2.69. The van der Waals surface area contributed by atoms with Crippen LogP contribution in [-0.4, -0.2) is 42.1 Å². The number of para-hydroxylation sites is 1. The van der Waals surface area contributed by atoms with Crippen molar-refractivity contribution in [3.05, 3.63) is 84.3 Å². The van der Waals surface area contributed by atoms with Crippen molar-refractivity contribution in [3.8, 4) is 0 Å². The van der Waals surface area contributed by atoms with Crippen molar-refractivity contribution >= 4 is 17.4 Å². The summed E-state index contributed by atoms with van der Waals surface area (Å²) in [6.07, 6.45) is 1.47. The number of piperazine rings is 1. The normalized spacial score (nSPS) is 15.1. The van der Waals surface area contributed by atoms with E-state index in [2.05, 4.69) is 49.4 Å². The van der Waals surface area contributed by atoms with E-state index in [1.807, 2.05) is 43.3 Å². The summed E-state index contributed by atoms with van der Waals surface area (Å²) in [7, 11) is 0. The highest BCUT2D eigenvalue weighted by molar-refractivity contribution is 5.93. The Bertz CT molecular complexity index is 940. The number of benzene rings is 2. The molecular weight excluding hydrogens is 362 g/mol. The predicted octanol–water partition coefficient (Wildman–Crippen LogP) is 3.29. The summed E-state index contributed by atoms with van der Waals surface area (Å²) >= 11 is 0. The number of nitrogens with one attached hydrogen (secondary N) is 1. The number of carbonyl (C=O) groups excluding carboxylic acids is 1. The van der Waals surface area contributed by atoms with Crippen LogP contribution in [0.3, 0.4) is 0 Å². The minimum atomic E-state index is -0.187. The zero-order valence-corrected chi connectivity index (χ0v) is 16.5. The molecule has 3 aromatic rings. The lowest BCUT2D eigenvalue weighted by atomic mass is 10.1. The van der Waals surface area contributed by atoms with E-state index in [4.69, 9.17) is 0 Å². The van der Waals surface area contributed by atoms with E-state index in [9.17, 15) is 4.79 Å². The molecule has 1 aliphatic rings. The van der Waals surface area contributed by atoms with Crippen LogP contribution >= 0.6 is 0 Å². The Morgan fingerprint density at radius 2 is 1.52 bits per heavy atom. The van der Waals surface area contributed by atoms with Gasteiger partial charge in [0, 0.05) is 37.9 Å². The monoisotopic (exact) mass is 387 g/mol. The topological polar surface area (TPSA) is 61.4 Å². The predicted molar refractivity (Wildman–Crippen MR) is 115 cm³/mol. The van der Waals surface area contributed by atoms with E-state index in [1.165, 1.54) is 12.0 Å². The second-order valence-corrected chi connectivity index (χ2v) is 7.18. The third kappa shape index (κ3) is 4.54. The fourth-order valence-electron chi connectivity index (χ4n) is 3.57. The molecule has 0 radical (unpaired) electrons. The standard InChI is InChI=1S/C23H25N5O/c1-18(19-8-4-2-5-9-19)26-23(29)21-16-22(25-17-24-21)28-14-12-27(13-15-28)20-10-6-3-7-11-20/h2-11,16-18H,12-15H2,1H3,(H,26,29). The van der Waals surface area contributed by atoms with E-state index >= 15 is 0 Å². The highest BCUT2D eigenvalue weighted by Crippen LogP contribution is 2.19. The number of aromatic nitrogens is 2. The molecule has 0 aliphatic carbocycles. The molecule has 1 N–H and O–H groups in total. The van der Waals surface area contributed by atoms with Crippen molar-refractivity contribution in [2.75, 3.05) is 36.0 Å². The van der Waals surface area contributed by atoms with Gasteiger partial charge in [-0.15, -0.1) is 0 Å². The zero-order valence-electron chi connectivity index (χ0n) is 16.5. The fraction of sp³-hybridized carbons (Fsp3) is 0.261. The van der Waals surface area contributed by atoms with Crippen LogP contribution in [0, 0.1) is 0 Å². The number of rotatable bonds is 5. The van der Waals surface area contributed by atoms with E-state index in [-0.39, 0.29) is 11.9 Å². The number of nitrogens with zero attached hydrogens (tertiary/aromatic N) is 4. The number of hydrogen-bond donors (Lipinski definition) is 1. The van der Waals surface area contributed by atoms with E-state index in [1.54, 1.807) is 6.07 Å². The van der Waals surface area contributed by atoms with Gasteiger partial charge in [-0.2, -0.15) is 0 Å². The molecule has 1 saturated heterocycles. The molecule has 29 heavy (non-hydrogen) atoms. The summed E-state index contributed by atoms with van der Waals surface area (Å²) < 4.78 is 0. The Labute approximate surface area is 171 Å². The van der Waals surface area contributed by atoms with Crippen molar-refractivity contribution in [2.45, 2.75) is 13.0 Å². The summed E-state index contributed by atoms with van der Waals surface area (Å²) in [5.74, 6) is 0.609. The van der Waals surface area contributed by atoms with Crippen LogP contribution in [0.5, 0.6) is 0 Å². The lowest BCUT2D eigenvalue weighted by Gasteiger charge is -2.36. The zero-order chi connectivity index (χ0) is 20.1. The first-order valence-electron chi connectivity index (χ1n) is 9.93. The van der Waals surface area contributed by atoms with Gasteiger partial charge in [0.05, 0.1) is 6.04 Å². The Morgan fingerprint density at radius 3 is 2.21 bits per heavy atom. The molecule has 4 rings (SSSR count). The SMILES string of the molecule is CC(NC(=O)c1cc(N2CCN(c3ccccc3)CC2)ncn1)c1ccccc1. The van der Waals surface area contributed by atoms with Crippen LogP contribution in [-0.2, 0) is 0 Å². The molecule has 148 valence electrons. The molecule has 1 amide bonds. The van der Waals surface area contributed by atoms with Gasteiger partial charge in [-0.05, 0) is 24.6 Å². The summed E-state index contributed by atoms with van der Waals surface area (Å²) in [6.45, 7) is 5.51. The van der Waals surface area contributed by atoms with Gasteiger partial charge in [0.15, 0.2) is 0 Å². The largest absolute Gasteiger partial charge is 0.368 e. The molecule has 1 fully saturated rings. The molecule has 6 heteroatoms. The van der Waals surface area contributed by atoms with Crippen LogP contribution in [0.1, 0.15) is 29.0 Å². The van der Waals surface area contributed by atoms with Crippen LogP contribution in [0.4, 0.5) is 11.5 Å². The maximum atomic E-state index is 12.7. The highest BCUT2D eigenvalue weighted by atomic mass is 16.1. The van der Waals surface area contributed by atoms with Gasteiger partial charge in [-0.1, -0.05) is 48.5 Å². The quantitative estimate of drug-likeness (QED) is 0.728. The van der Waals surface area contributed by atoms with Crippen molar-refractivity contribution in [1.29, 1.82) is 0 Å². The van der Waals surface area contributed by atoms with Gasteiger partial charge >= 0.3 is 0 Å². The van der Waals surface area contributed by atoms with E-state index in [0.29, 0.717) is 5.69 Å². The molecule has 6 nitrogen and oxygen atoms in total. The summed E-state index contributed by atoms with van der Waals surface area (Å²) in [5, 5.41) is 3.02. The number of hydrogen-bond acceptors (Lipinski definition) is 5. The smallest absolute Gasteiger partial charge is 0.270 e. The van der Waals surface area contributed by atoms with Gasteiger partial charge in [0.25, 0.3) is 5.91 Å². The third-order valence-corrected chi connectivity index (χ3v) is 5.26. The van der Waals surface area contributed by atoms with Crippen molar-refractivity contribution in [3.63, 3.8) is 0 Å². The second kappa shape index (κ2) is 8.73. The van der Waals surface area contributed by atoms with Gasteiger partial charge in [0.2, 0.25) is 0 Å². The lowest BCUT2D eigenvalue weighted by molar-refractivity contribution is 0.0934. The average molecular weight is 387 g/mol. The Kier molecular flexibility index (Phi) is 5.70. The van der Waals surface area contributed by atoms with Crippen LogP contribution < -0.4 is 15.1 Å². The minimum Gasteiger partial charge on any atom is -0.368 e. The van der Waals surface area contributed by atoms with Crippen molar-refractivity contribution < 1.29 is 4.79 Å². The molecule has 1 unspecified atom stereocenters. The average Bonchev–Trinajstić information content (AvgIpc) is 2.80. The first-order valence-corrected chi connectivity index (χ1v) is 9.93. The van der Waals surface area contributed by atoms with Gasteiger partial charge in [0.1, 0.15) is 17.8 Å². The number of carbonyl (C=O) groups is 1. The molecule has 1 aromatic heterocycles. The van der Waals surface area contributed by atoms with Crippen molar-refractivity contribution in [2.24, 2.45) is 0 Å². The third-order valence-electron chi connectivity index (χ3n) is 5.26. The van der Waals surface area contributed by atoms with E-state index < -0.39 is 0 Å². The maximum Gasteiger partial charge on any atom is 0.270 e. The molecule has 1 aliphatic heterocycles. The van der Waals surface area contributed by atoms with Crippen molar-refractivity contribution in [1.82, 2.24) is 15.3 Å². The van der Waals surface area contributed by atoms with Crippen LogP contribution in [0.2, 0.25) is 0 Å². The number of amides is 1. The van der Waals surface area contributed by atoms with E-state index in [0.717, 1.165) is 37.6 Å². The summed E-state index contributed by atoms with van der Waals surface area (Å²) in [6, 6.07) is 22.0.